The van der Waals surface area contributed by atoms with Gasteiger partial charge in [-0.1, -0.05) is 12.1 Å². The van der Waals surface area contributed by atoms with Crippen LogP contribution in [-0.4, -0.2) is 42.1 Å². The van der Waals surface area contributed by atoms with Gasteiger partial charge in [0.05, 0.1) is 13.2 Å². The van der Waals surface area contributed by atoms with Crippen molar-refractivity contribution in [2.75, 3.05) is 26.3 Å². The third-order valence-corrected chi connectivity index (χ3v) is 5.03. The number of likely N-dealkylation sites (tertiary alicyclic amines) is 1. The van der Waals surface area contributed by atoms with Crippen LogP contribution in [0.25, 0.3) is 0 Å². The van der Waals surface area contributed by atoms with Crippen LogP contribution in [0, 0.1) is 0 Å². The lowest BCUT2D eigenvalue weighted by Gasteiger charge is -2.26. The molecular formula is C21H25N3O3. The Morgan fingerprint density at radius 2 is 1.93 bits per heavy atom. The third-order valence-electron chi connectivity index (χ3n) is 5.03. The maximum absolute atomic E-state index is 13.0. The minimum Gasteiger partial charge on any atom is -0.490 e. The van der Waals surface area contributed by atoms with E-state index in [-0.39, 0.29) is 11.9 Å². The Balaban J connectivity index is 1.46. The van der Waals surface area contributed by atoms with E-state index in [9.17, 15) is 4.79 Å². The van der Waals surface area contributed by atoms with E-state index in [0.717, 1.165) is 55.0 Å². The van der Waals surface area contributed by atoms with Crippen molar-refractivity contribution in [1.29, 1.82) is 0 Å². The van der Waals surface area contributed by atoms with Gasteiger partial charge in [-0.25, -0.2) is 0 Å². The number of hydrogen-bond acceptors (Lipinski definition) is 5. The van der Waals surface area contributed by atoms with Gasteiger partial charge in [-0.3, -0.25) is 14.7 Å². The van der Waals surface area contributed by atoms with Crippen molar-refractivity contribution in [3.63, 3.8) is 0 Å². The number of ether oxygens (including phenoxy) is 2. The summed E-state index contributed by atoms with van der Waals surface area (Å²) in [6, 6.07) is 9.42. The largest absolute Gasteiger partial charge is 0.490 e. The number of rotatable bonds is 5. The summed E-state index contributed by atoms with van der Waals surface area (Å²) in [7, 11) is 0. The molecule has 1 amide bonds. The zero-order chi connectivity index (χ0) is 18.5. The molecule has 2 aromatic rings. The van der Waals surface area contributed by atoms with Gasteiger partial charge in [-0.15, -0.1) is 0 Å². The number of carbonyl (C=O) groups is 1. The Kier molecular flexibility index (Phi) is 5.53. The molecule has 0 spiro atoms. The molecule has 1 unspecified atom stereocenters. The van der Waals surface area contributed by atoms with E-state index >= 15 is 0 Å². The highest BCUT2D eigenvalue weighted by atomic mass is 16.5. The van der Waals surface area contributed by atoms with E-state index in [1.54, 1.807) is 12.4 Å². The summed E-state index contributed by atoms with van der Waals surface area (Å²) in [6.45, 7) is 3.67. The molecule has 0 radical (unpaired) electrons. The monoisotopic (exact) mass is 367 g/mol. The molecule has 27 heavy (non-hydrogen) atoms. The number of carbonyl (C=O) groups excluding carboxylic acids is 1. The number of hydrogen-bond donors (Lipinski definition) is 1. The predicted molar refractivity (Wildman–Crippen MR) is 102 cm³/mol. The SMILES string of the molecule is O=C(NCc1ccc2c(c1)OCCCO2)C(c1cccnc1)N1CCCC1. The molecule has 1 aromatic carbocycles. The molecule has 6 nitrogen and oxygen atoms in total. The first-order valence-electron chi connectivity index (χ1n) is 9.61. The van der Waals surface area contributed by atoms with Gasteiger partial charge >= 0.3 is 0 Å². The van der Waals surface area contributed by atoms with Crippen molar-refractivity contribution >= 4 is 5.91 Å². The molecule has 1 fully saturated rings. The second-order valence-electron chi connectivity index (χ2n) is 6.98. The molecule has 2 aliphatic rings. The summed E-state index contributed by atoms with van der Waals surface area (Å²) in [6.07, 6.45) is 6.66. The lowest BCUT2D eigenvalue weighted by Crippen LogP contribution is -2.39. The van der Waals surface area contributed by atoms with Gasteiger partial charge in [0.25, 0.3) is 0 Å². The summed E-state index contributed by atoms with van der Waals surface area (Å²) in [5.74, 6) is 1.53. The second kappa shape index (κ2) is 8.39. The van der Waals surface area contributed by atoms with Crippen LogP contribution in [0.3, 0.4) is 0 Å². The molecular weight excluding hydrogens is 342 g/mol. The quantitative estimate of drug-likeness (QED) is 0.880. The Labute approximate surface area is 159 Å². The van der Waals surface area contributed by atoms with Crippen LogP contribution in [0.2, 0.25) is 0 Å². The summed E-state index contributed by atoms with van der Waals surface area (Å²) in [5.41, 5.74) is 1.94. The maximum atomic E-state index is 13.0. The molecule has 1 atom stereocenters. The van der Waals surface area contributed by atoms with Gasteiger partial charge < -0.3 is 14.8 Å². The van der Waals surface area contributed by atoms with Gasteiger partial charge in [-0.2, -0.15) is 0 Å². The van der Waals surface area contributed by atoms with Crippen LogP contribution in [-0.2, 0) is 11.3 Å². The molecule has 0 saturated carbocycles. The highest BCUT2D eigenvalue weighted by Gasteiger charge is 2.29. The zero-order valence-electron chi connectivity index (χ0n) is 15.4. The molecule has 1 saturated heterocycles. The van der Waals surface area contributed by atoms with Crippen molar-refractivity contribution in [3.8, 4) is 11.5 Å². The second-order valence-corrected chi connectivity index (χ2v) is 6.98. The summed E-state index contributed by atoms with van der Waals surface area (Å²) in [5, 5.41) is 3.09. The fraction of sp³-hybridized carbons (Fsp3) is 0.429. The molecule has 1 N–H and O–H groups in total. The van der Waals surface area contributed by atoms with Crippen molar-refractivity contribution in [2.24, 2.45) is 0 Å². The van der Waals surface area contributed by atoms with E-state index in [1.807, 2.05) is 30.3 Å². The Morgan fingerprint density at radius 1 is 1.11 bits per heavy atom. The van der Waals surface area contributed by atoms with E-state index < -0.39 is 0 Å². The molecule has 2 aliphatic heterocycles. The minimum absolute atomic E-state index is 0.0111. The number of aromatic nitrogens is 1. The van der Waals surface area contributed by atoms with Gasteiger partial charge in [0.15, 0.2) is 11.5 Å². The number of pyridine rings is 1. The average molecular weight is 367 g/mol. The minimum atomic E-state index is -0.290. The standard InChI is InChI=1S/C21H25N3O3/c25-21(20(24-9-1-2-10-24)17-5-3-8-22-15-17)23-14-16-6-7-18-19(13-16)27-12-4-11-26-18/h3,5-8,13,15,20H,1-2,4,9-12,14H2,(H,23,25). The lowest BCUT2D eigenvalue weighted by atomic mass is 10.1. The summed E-state index contributed by atoms with van der Waals surface area (Å²) < 4.78 is 11.4. The summed E-state index contributed by atoms with van der Waals surface area (Å²) in [4.78, 5) is 19.4. The molecule has 6 heteroatoms. The van der Waals surface area contributed by atoms with Crippen LogP contribution in [0.1, 0.15) is 36.4 Å². The number of nitrogens with zero attached hydrogens (tertiary/aromatic N) is 2. The zero-order valence-corrected chi connectivity index (χ0v) is 15.4. The van der Waals surface area contributed by atoms with E-state index in [1.165, 1.54) is 0 Å². The Bertz CT molecular complexity index is 775. The van der Waals surface area contributed by atoms with Crippen LogP contribution >= 0.6 is 0 Å². The van der Waals surface area contributed by atoms with Crippen molar-refractivity contribution in [3.05, 3.63) is 53.9 Å². The smallest absolute Gasteiger partial charge is 0.242 e. The first-order valence-corrected chi connectivity index (χ1v) is 9.61. The highest BCUT2D eigenvalue weighted by Crippen LogP contribution is 2.30. The topological polar surface area (TPSA) is 63.7 Å². The highest BCUT2D eigenvalue weighted by molar-refractivity contribution is 5.83. The van der Waals surface area contributed by atoms with Gasteiger partial charge in [-0.05, 0) is 55.3 Å². The first kappa shape index (κ1) is 17.8. The van der Waals surface area contributed by atoms with Crippen molar-refractivity contribution < 1.29 is 14.3 Å². The van der Waals surface area contributed by atoms with Crippen LogP contribution in [0.15, 0.2) is 42.7 Å². The van der Waals surface area contributed by atoms with Crippen molar-refractivity contribution in [2.45, 2.75) is 31.8 Å². The van der Waals surface area contributed by atoms with Crippen LogP contribution in [0.5, 0.6) is 11.5 Å². The first-order chi connectivity index (χ1) is 13.3. The molecule has 0 aliphatic carbocycles. The molecule has 1 aromatic heterocycles. The number of benzene rings is 1. The molecule has 142 valence electrons. The van der Waals surface area contributed by atoms with Crippen LogP contribution < -0.4 is 14.8 Å². The van der Waals surface area contributed by atoms with E-state index in [4.69, 9.17) is 9.47 Å². The van der Waals surface area contributed by atoms with E-state index in [0.29, 0.717) is 19.8 Å². The van der Waals surface area contributed by atoms with Gasteiger partial charge in [0, 0.05) is 25.4 Å². The Hall–Kier alpha value is -2.60. The van der Waals surface area contributed by atoms with Crippen LogP contribution in [0.4, 0.5) is 0 Å². The molecule has 3 heterocycles. The fourth-order valence-corrected chi connectivity index (χ4v) is 3.67. The number of amides is 1. The Morgan fingerprint density at radius 3 is 2.70 bits per heavy atom. The summed E-state index contributed by atoms with van der Waals surface area (Å²) >= 11 is 0. The maximum Gasteiger partial charge on any atom is 0.242 e. The third kappa shape index (κ3) is 4.22. The van der Waals surface area contributed by atoms with Gasteiger partial charge in [0.1, 0.15) is 6.04 Å². The number of fused-ring (bicyclic) bond motifs is 1. The number of nitrogens with one attached hydrogen (secondary N) is 1. The molecule has 4 rings (SSSR count). The lowest BCUT2D eigenvalue weighted by molar-refractivity contribution is -0.126. The molecule has 0 bridgehead atoms. The van der Waals surface area contributed by atoms with E-state index in [2.05, 4.69) is 15.2 Å². The van der Waals surface area contributed by atoms with Crippen molar-refractivity contribution in [1.82, 2.24) is 15.2 Å². The van der Waals surface area contributed by atoms with Gasteiger partial charge in [0.2, 0.25) is 5.91 Å². The predicted octanol–water partition coefficient (Wildman–Crippen LogP) is 2.70. The normalized spacial score (nSPS) is 17.9. The average Bonchev–Trinajstić information content (AvgIpc) is 3.12. The fourth-order valence-electron chi connectivity index (χ4n) is 3.67.